The highest BCUT2D eigenvalue weighted by Gasteiger charge is 2.33. The maximum Gasteiger partial charge on any atom is 0.416 e. The van der Waals surface area contributed by atoms with Gasteiger partial charge in [0.05, 0.1) is 42.3 Å². The van der Waals surface area contributed by atoms with Gasteiger partial charge in [0.1, 0.15) is 5.75 Å². The van der Waals surface area contributed by atoms with Crippen LogP contribution in [0.4, 0.5) is 29.3 Å². The zero-order chi connectivity index (χ0) is 37.5. The number of carbonyl (C=O) groups excluding carboxylic acids is 2. The number of hydrogen-bond donors (Lipinski definition) is 3. The van der Waals surface area contributed by atoms with Crippen molar-refractivity contribution in [3.63, 3.8) is 0 Å². The van der Waals surface area contributed by atoms with Crippen LogP contribution in [-0.2, 0) is 28.0 Å². The Morgan fingerprint density at radius 2 is 1.78 bits per heavy atom. The quantitative estimate of drug-likeness (QED) is 0.285. The summed E-state index contributed by atoms with van der Waals surface area (Å²) in [6.45, 7) is 5.40. The van der Waals surface area contributed by atoms with Crippen LogP contribution in [-0.4, -0.2) is 95.8 Å². The number of urea groups is 1. The summed E-state index contributed by atoms with van der Waals surface area (Å²) in [5.74, 6) is -0.663. The second-order valence-corrected chi connectivity index (χ2v) is 14.8. The minimum atomic E-state index is -4.52. The number of aryl methyl sites for hydroxylation is 1. The maximum atomic E-state index is 14.3. The minimum Gasteiger partial charge on any atom is -0.490 e. The molecule has 3 aromatic rings. The summed E-state index contributed by atoms with van der Waals surface area (Å²) < 4.78 is 80.6. The molecule has 1 aliphatic rings. The van der Waals surface area contributed by atoms with Crippen LogP contribution in [0.15, 0.2) is 60.0 Å². The summed E-state index contributed by atoms with van der Waals surface area (Å²) in [4.78, 5) is 32.6. The first kappa shape index (κ1) is 39.6. The SMILES string of the molecule is C[C@@H]1CN([C@@H](C)CO)C(=O)c2cc(NC(=O)Nc3ccc(C(F)(F)F)cc3)ccc2O[C@@H](C)CCCCO[C@H]1CN(C)S(=O)(=O)c1cn(C)cn1. The number of aliphatic hydroxyl groups excluding tert-OH is 1. The lowest BCUT2D eigenvalue weighted by atomic mass is 10.0. The predicted octanol–water partition coefficient (Wildman–Crippen LogP) is 5.20. The van der Waals surface area contributed by atoms with Gasteiger partial charge in [-0.15, -0.1) is 0 Å². The van der Waals surface area contributed by atoms with Crippen LogP contribution in [0.3, 0.4) is 0 Å². The number of ether oxygens (including phenoxy) is 2. The average Bonchev–Trinajstić information content (AvgIpc) is 3.52. The Labute approximate surface area is 295 Å². The first-order chi connectivity index (χ1) is 24.0. The van der Waals surface area contributed by atoms with Crippen LogP contribution >= 0.6 is 0 Å². The van der Waals surface area contributed by atoms with Crippen molar-refractivity contribution in [2.24, 2.45) is 13.0 Å². The molecule has 3 amide bonds. The van der Waals surface area contributed by atoms with Gasteiger partial charge in [0, 0.05) is 57.3 Å². The van der Waals surface area contributed by atoms with Gasteiger partial charge in [-0.05, 0) is 75.6 Å². The van der Waals surface area contributed by atoms with Crippen molar-refractivity contribution in [3.05, 3.63) is 66.1 Å². The third-order valence-corrected chi connectivity index (χ3v) is 10.3. The summed E-state index contributed by atoms with van der Waals surface area (Å²) in [5.41, 5.74) is -0.427. The van der Waals surface area contributed by atoms with Crippen molar-refractivity contribution < 1.29 is 45.8 Å². The van der Waals surface area contributed by atoms with Crippen molar-refractivity contribution in [3.8, 4) is 5.75 Å². The molecule has 1 aliphatic heterocycles. The Hall–Kier alpha value is -4.19. The van der Waals surface area contributed by atoms with E-state index in [1.807, 2.05) is 13.8 Å². The van der Waals surface area contributed by atoms with Gasteiger partial charge in [-0.25, -0.2) is 18.2 Å². The number of fused-ring (bicyclic) bond motifs is 1. The van der Waals surface area contributed by atoms with E-state index in [1.54, 1.807) is 26.1 Å². The fourth-order valence-electron chi connectivity index (χ4n) is 5.53. The Morgan fingerprint density at radius 3 is 2.41 bits per heavy atom. The zero-order valence-electron chi connectivity index (χ0n) is 29.2. The second-order valence-electron chi connectivity index (χ2n) is 12.8. The molecule has 280 valence electrons. The molecule has 51 heavy (non-hydrogen) atoms. The van der Waals surface area contributed by atoms with Crippen LogP contribution in [0.25, 0.3) is 0 Å². The molecule has 17 heteroatoms. The maximum absolute atomic E-state index is 14.3. The molecular formula is C34H45F3N6O7S. The van der Waals surface area contributed by atoms with Crippen molar-refractivity contribution in [1.29, 1.82) is 0 Å². The number of amides is 3. The zero-order valence-corrected chi connectivity index (χ0v) is 30.0. The molecule has 0 aliphatic carbocycles. The highest BCUT2D eigenvalue weighted by atomic mass is 32.2. The molecule has 0 radical (unpaired) electrons. The van der Waals surface area contributed by atoms with E-state index in [1.165, 1.54) is 39.4 Å². The average molecular weight is 739 g/mol. The summed E-state index contributed by atoms with van der Waals surface area (Å²) in [5, 5.41) is 15.2. The van der Waals surface area contributed by atoms with Crippen molar-refractivity contribution in [2.45, 2.75) is 69.5 Å². The Balaban J connectivity index is 1.60. The predicted molar refractivity (Wildman–Crippen MR) is 184 cm³/mol. The molecule has 0 saturated heterocycles. The van der Waals surface area contributed by atoms with Gasteiger partial charge >= 0.3 is 12.2 Å². The molecule has 1 aromatic heterocycles. The number of likely N-dealkylation sites (N-methyl/N-ethyl adjacent to an activating group) is 1. The fourth-order valence-corrected chi connectivity index (χ4v) is 6.67. The molecule has 3 N–H and O–H groups in total. The summed E-state index contributed by atoms with van der Waals surface area (Å²) >= 11 is 0. The number of imidazole rings is 1. The first-order valence-corrected chi connectivity index (χ1v) is 18.0. The standard InChI is InChI=1S/C34H45F3N6O7S/c1-22-17-43(23(2)20-44)32(45)28-16-27(40-33(46)39-26-11-9-25(10-12-26)34(35,36)37)13-14-29(28)50-24(3)8-6-7-15-49-30(22)18-42(5)51(47,48)31-19-41(4)21-38-31/h9-14,16,19,21-24,30,44H,6-8,15,17-18,20H2,1-5H3,(H2,39,40,46)/t22-,23+,24+,30+/m1/s1. The number of carbonyl (C=O) groups is 2. The van der Waals surface area contributed by atoms with Gasteiger partial charge in [0.25, 0.3) is 15.9 Å². The lowest BCUT2D eigenvalue weighted by molar-refractivity contribution is -0.137. The Kier molecular flexibility index (Phi) is 13.1. The number of aliphatic hydroxyl groups is 1. The summed E-state index contributed by atoms with van der Waals surface area (Å²) in [6, 6.07) is 7.06. The van der Waals surface area contributed by atoms with Crippen molar-refractivity contribution in [1.82, 2.24) is 18.8 Å². The molecule has 0 bridgehead atoms. The number of nitrogens with zero attached hydrogens (tertiary/aromatic N) is 4. The van der Waals surface area contributed by atoms with E-state index in [-0.39, 0.29) is 53.5 Å². The smallest absolute Gasteiger partial charge is 0.416 e. The van der Waals surface area contributed by atoms with Crippen LogP contribution in [0.5, 0.6) is 5.75 Å². The highest BCUT2D eigenvalue weighted by Crippen LogP contribution is 2.31. The topological polar surface area (TPSA) is 155 Å². The number of halogens is 3. The number of anilines is 2. The lowest BCUT2D eigenvalue weighted by Crippen LogP contribution is -2.48. The third kappa shape index (κ3) is 10.4. The molecule has 0 saturated carbocycles. The van der Waals surface area contributed by atoms with E-state index in [0.717, 1.165) is 30.7 Å². The second kappa shape index (κ2) is 16.9. The van der Waals surface area contributed by atoms with Crippen LogP contribution < -0.4 is 15.4 Å². The summed E-state index contributed by atoms with van der Waals surface area (Å²) in [7, 11) is -0.820. The van der Waals surface area contributed by atoms with E-state index in [2.05, 4.69) is 15.6 Å². The van der Waals surface area contributed by atoms with E-state index in [4.69, 9.17) is 9.47 Å². The van der Waals surface area contributed by atoms with E-state index >= 15 is 0 Å². The first-order valence-electron chi connectivity index (χ1n) is 16.5. The molecule has 2 aromatic carbocycles. The molecule has 2 heterocycles. The van der Waals surface area contributed by atoms with Gasteiger partial charge in [0.2, 0.25) is 0 Å². The fraction of sp³-hybridized carbons (Fsp3) is 0.500. The largest absolute Gasteiger partial charge is 0.490 e. The Bertz CT molecular complexity index is 1750. The molecule has 13 nitrogen and oxygen atoms in total. The number of hydrogen-bond acceptors (Lipinski definition) is 8. The molecule has 4 atom stereocenters. The van der Waals surface area contributed by atoms with Crippen molar-refractivity contribution in [2.75, 3.05) is 44.0 Å². The van der Waals surface area contributed by atoms with Crippen molar-refractivity contribution >= 4 is 33.3 Å². The van der Waals surface area contributed by atoms with E-state index in [0.29, 0.717) is 19.4 Å². The van der Waals surface area contributed by atoms with Gasteiger partial charge < -0.3 is 34.7 Å². The highest BCUT2D eigenvalue weighted by molar-refractivity contribution is 7.89. The molecule has 4 rings (SSSR count). The van der Waals surface area contributed by atoms with E-state index in [9.17, 15) is 36.3 Å². The van der Waals surface area contributed by atoms with Crippen LogP contribution in [0.2, 0.25) is 0 Å². The van der Waals surface area contributed by atoms with Crippen LogP contribution in [0.1, 0.15) is 56.0 Å². The number of nitrogens with one attached hydrogen (secondary N) is 2. The number of sulfonamides is 1. The molecule has 0 spiro atoms. The monoisotopic (exact) mass is 738 g/mol. The van der Waals surface area contributed by atoms with Gasteiger partial charge in [-0.2, -0.15) is 17.5 Å². The number of benzene rings is 2. The number of rotatable bonds is 8. The number of aromatic nitrogens is 2. The van der Waals surface area contributed by atoms with E-state index < -0.39 is 51.8 Å². The molecule has 0 fully saturated rings. The lowest BCUT2D eigenvalue weighted by Gasteiger charge is -2.35. The molecular weight excluding hydrogens is 693 g/mol. The van der Waals surface area contributed by atoms with Crippen LogP contribution in [0, 0.1) is 5.92 Å². The normalized spacial score (nSPS) is 20.2. The molecule has 0 unspecified atom stereocenters. The van der Waals surface area contributed by atoms with Gasteiger partial charge in [-0.1, -0.05) is 6.92 Å². The Morgan fingerprint density at radius 1 is 1.12 bits per heavy atom. The summed E-state index contributed by atoms with van der Waals surface area (Å²) in [6.07, 6.45) is -0.630. The van der Waals surface area contributed by atoms with Gasteiger partial charge in [-0.3, -0.25) is 4.79 Å². The minimum absolute atomic E-state index is 0.0200. The number of alkyl halides is 3. The third-order valence-electron chi connectivity index (χ3n) is 8.57. The van der Waals surface area contributed by atoms with Gasteiger partial charge in [0.15, 0.2) is 5.03 Å².